The lowest BCUT2D eigenvalue weighted by molar-refractivity contribution is 0.281. The molecule has 0 saturated carbocycles. The molecular weight excluding hydrogens is 266 g/mol. The second-order valence-electron chi connectivity index (χ2n) is 4.53. The number of benzene rings is 1. The van der Waals surface area contributed by atoms with E-state index in [0.717, 1.165) is 10.0 Å². The Morgan fingerprint density at radius 3 is 2.38 bits per heavy atom. The van der Waals surface area contributed by atoms with Crippen molar-refractivity contribution in [3.8, 4) is 0 Å². The van der Waals surface area contributed by atoms with Gasteiger partial charge in [0.15, 0.2) is 0 Å². The molecule has 1 aromatic carbocycles. The van der Waals surface area contributed by atoms with Gasteiger partial charge in [0.05, 0.1) is 6.61 Å². The lowest BCUT2D eigenvalue weighted by Crippen LogP contribution is -2.33. The summed E-state index contributed by atoms with van der Waals surface area (Å²) in [6.45, 7) is 6.74. The summed E-state index contributed by atoms with van der Waals surface area (Å²) in [5.74, 6) is 0.612. The summed E-state index contributed by atoms with van der Waals surface area (Å²) in [5, 5.41) is 9.10. The molecule has 0 amide bonds. The van der Waals surface area contributed by atoms with Crippen LogP contribution in [0.1, 0.15) is 26.3 Å². The van der Waals surface area contributed by atoms with E-state index in [-0.39, 0.29) is 6.61 Å². The van der Waals surface area contributed by atoms with Crippen molar-refractivity contribution in [3.05, 3.63) is 28.2 Å². The van der Waals surface area contributed by atoms with Crippen LogP contribution in [-0.2, 0) is 6.61 Å². The molecule has 1 N–H and O–H groups in total. The minimum Gasteiger partial charge on any atom is -0.392 e. The predicted molar refractivity (Wildman–Crippen MR) is 72.8 cm³/mol. The molecule has 0 saturated heterocycles. The first kappa shape index (κ1) is 13.5. The second-order valence-corrected chi connectivity index (χ2v) is 5.38. The Morgan fingerprint density at radius 1 is 1.31 bits per heavy atom. The van der Waals surface area contributed by atoms with Crippen LogP contribution in [0.2, 0.25) is 0 Å². The van der Waals surface area contributed by atoms with Crippen molar-refractivity contribution in [1.82, 2.24) is 0 Å². The lowest BCUT2D eigenvalue weighted by atomic mass is 10.0. The van der Waals surface area contributed by atoms with Gasteiger partial charge in [0.1, 0.15) is 0 Å². The van der Waals surface area contributed by atoms with Gasteiger partial charge in [-0.15, -0.1) is 0 Å². The van der Waals surface area contributed by atoms with Crippen LogP contribution in [0.5, 0.6) is 0 Å². The molecule has 0 radical (unpaired) electrons. The van der Waals surface area contributed by atoms with Crippen molar-refractivity contribution in [1.29, 1.82) is 0 Å². The van der Waals surface area contributed by atoms with Gasteiger partial charge in [0, 0.05) is 23.2 Å². The van der Waals surface area contributed by atoms with E-state index in [1.807, 2.05) is 6.07 Å². The highest BCUT2D eigenvalue weighted by Gasteiger charge is 2.14. The molecule has 0 aromatic heterocycles. The van der Waals surface area contributed by atoms with Crippen LogP contribution in [0.25, 0.3) is 0 Å². The van der Waals surface area contributed by atoms with E-state index in [4.69, 9.17) is 5.11 Å². The van der Waals surface area contributed by atoms with E-state index in [0.29, 0.717) is 12.0 Å². The Kier molecular flexibility index (Phi) is 4.81. The number of hydrogen-bond acceptors (Lipinski definition) is 2. The fraction of sp³-hybridized carbons (Fsp3) is 0.538. The summed E-state index contributed by atoms with van der Waals surface area (Å²) in [4.78, 5) is 2.26. The Bertz CT molecular complexity index is 352. The highest BCUT2D eigenvalue weighted by atomic mass is 79.9. The number of aliphatic hydroxyl groups excluding tert-OH is 1. The van der Waals surface area contributed by atoms with Gasteiger partial charge in [-0.2, -0.15) is 0 Å². The molecule has 0 fully saturated rings. The molecule has 3 heteroatoms. The summed E-state index contributed by atoms with van der Waals surface area (Å²) in [6, 6.07) is 6.56. The molecular formula is C13H20BrNO. The van der Waals surface area contributed by atoms with Gasteiger partial charge in [0.2, 0.25) is 0 Å². The highest BCUT2D eigenvalue weighted by Crippen LogP contribution is 2.26. The molecule has 0 bridgehead atoms. The fourth-order valence-electron chi connectivity index (χ4n) is 1.57. The zero-order valence-corrected chi connectivity index (χ0v) is 12.0. The molecule has 16 heavy (non-hydrogen) atoms. The van der Waals surface area contributed by atoms with Crippen molar-refractivity contribution in [2.75, 3.05) is 11.9 Å². The quantitative estimate of drug-likeness (QED) is 0.916. The largest absolute Gasteiger partial charge is 0.392 e. The average molecular weight is 286 g/mol. The molecule has 0 heterocycles. The van der Waals surface area contributed by atoms with E-state index in [2.05, 4.69) is 60.8 Å². The third-order valence-electron chi connectivity index (χ3n) is 3.19. The summed E-state index contributed by atoms with van der Waals surface area (Å²) < 4.78 is 0.968. The van der Waals surface area contributed by atoms with Gasteiger partial charge in [0.25, 0.3) is 0 Å². The molecule has 0 aliphatic rings. The zero-order chi connectivity index (χ0) is 12.3. The first-order valence-corrected chi connectivity index (χ1v) is 6.38. The third-order valence-corrected chi connectivity index (χ3v) is 3.93. The molecule has 0 aliphatic carbocycles. The standard InChI is InChI=1S/C13H20BrNO/c1-9(2)10(3)15(4)12-6-5-11(8-16)13(14)7-12/h5-7,9-10,16H,8H2,1-4H3. The third kappa shape index (κ3) is 2.98. The van der Waals surface area contributed by atoms with Gasteiger partial charge < -0.3 is 10.0 Å². The zero-order valence-electron chi connectivity index (χ0n) is 10.4. The summed E-state index contributed by atoms with van der Waals surface area (Å²) in [5.41, 5.74) is 2.10. The highest BCUT2D eigenvalue weighted by molar-refractivity contribution is 9.10. The molecule has 0 aliphatic heterocycles. The average Bonchev–Trinajstić information content (AvgIpc) is 2.26. The molecule has 1 atom stereocenters. The number of nitrogens with zero attached hydrogens (tertiary/aromatic N) is 1. The van der Waals surface area contributed by atoms with Crippen LogP contribution in [0.4, 0.5) is 5.69 Å². The van der Waals surface area contributed by atoms with Crippen molar-refractivity contribution in [3.63, 3.8) is 0 Å². The SMILES string of the molecule is CC(C)C(C)N(C)c1ccc(CO)c(Br)c1. The van der Waals surface area contributed by atoms with E-state index in [1.54, 1.807) is 0 Å². The van der Waals surface area contributed by atoms with Crippen molar-refractivity contribution in [2.45, 2.75) is 33.4 Å². The lowest BCUT2D eigenvalue weighted by Gasteiger charge is -2.30. The summed E-state index contributed by atoms with van der Waals surface area (Å²) in [7, 11) is 2.10. The molecule has 1 unspecified atom stereocenters. The second kappa shape index (κ2) is 5.69. The summed E-state index contributed by atoms with van der Waals surface area (Å²) >= 11 is 3.48. The molecule has 1 rings (SSSR count). The maximum absolute atomic E-state index is 9.10. The fourth-order valence-corrected chi connectivity index (χ4v) is 2.06. The smallest absolute Gasteiger partial charge is 0.0692 e. The maximum atomic E-state index is 9.10. The predicted octanol–water partition coefficient (Wildman–Crippen LogP) is 3.42. The van der Waals surface area contributed by atoms with Crippen molar-refractivity contribution in [2.24, 2.45) is 5.92 Å². The van der Waals surface area contributed by atoms with Gasteiger partial charge in [-0.05, 0) is 30.5 Å². The number of rotatable bonds is 4. The molecule has 1 aromatic rings. The van der Waals surface area contributed by atoms with Gasteiger partial charge in [-0.1, -0.05) is 35.8 Å². The normalized spacial score (nSPS) is 12.9. The van der Waals surface area contributed by atoms with E-state index in [1.165, 1.54) is 5.69 Å². The van der Waals surface area contributed by atoms with Crippen LogP contribution in [-0.4, -0.2) is 18.2 Å². The van der Waals surface area contributed by atoms with Crippen LogP contribution in [0, 0.1) is 5.92 Å². The van der Waals surface area contributed by atoms with E-state index < -0.39 is 0 Å². The van der Waals surface area contributed by atoms with Gasteiger partial charge >= 0.3 is 0 Å². The monoisotopic (exact) mass is 285 g/mol. The van der Waals surface area contributed by atoms with Gasteiger partial charge in [-0.25, -0.2) is 0 Å². The Labute approximate surface area is 106 Å². The van der Waals surface area contributed by atoms with Crippen molar-refractivity contribution >= 4 is 21.6 Å². The maximum Gasteiger partial charge on any atom is 0.0692 e. The minimum absolute atomic E-state index is 0.0737. The Balaban J connectivity index is 2.92. The first-order valence-electron chi connectivity index (χ1n) is 5.59. The van der Waals surface area contributed by atoms with Crippen LogP contribution in [0.15, 0.2) is 22.7 Å². The number of hydrogen-bond donors (Lipinski definition) is 1. The topological polar surface area (TPSA) is 23.5 Å². The number of aliphatic hydroxyl groups is 1. The van der Waals surface area contributed by atoms with Crippen LogP contribution in [0.3, 0.4) is 0 Å². The number of halogens is 1. The molecule has 0 spiro atoms. The van der Waals surface area contributed by atoms with Crippen LogP contribution < -0.4 is 4.90 Å². The van der Waals surface area contributed by atoms with Gasteiger partial charge in [-0.3, -0.25) is 0 Å². The van der Waals surface area contributed by atoms with Crippen LogP contribution >= 0.6 is 15.9 Å². The van der Waals surface area contributed by atoms with E-state index >= 15 is 0 Å². The Hall–Kier alpha value is -0.540. The number of anilines is 1. The summed E-state index contributed by atoms with van der Waals surface area (Å²) in [6.07, 6.45) is 0. The minimum atomic E-state index is 0.0737. The molecule has 90 valence electrons. The Morgan fingerprint density at radius 2 is 1.94 bits per heavy atom. The first-order chi connectivity index (χ1) is 7.47. The van der Waals surface area contributed by atoms with Crippen molar-refractivity contribution < 1.29 is 5.11 Å². The molecule has 2 nitrogen and oxygen atoms in total. The van der Waals surface area contributed by atoms with E-state index in [9.17, 15) is 0 Å².